The molecule has 0 aliphatic carbocycles. The van der Waals surface area contributed by atoms with Gasteiger partial charge in [0.2, 0.25) is 5.91 Å². The summed E-state index contributed by atoms with van der Waals surface area (Å²) in [6.45, 7) is 1.76. The van der Waals surface area contributed by atoms with Crippen molar-refractivity contribution in [1.82, 2.24) is 0 Å². The molecule has 2 rings (SSSR count). The quantitative estimate of drug-likeness (QED) is 0.846. The van der Waals surface area contributed by atoms with Gasteiger partial charge < -0.3 is 15.3 Å². The van der Waals surface area contributed by atoms with Gasteiger partial charge in [0.25, 0.3) is 0 Å². The third kappa shape index (κ3) is 2.16. The topological polar surface area (TPSA) is 69.6 Å². The molecule has 0 saturated carbocycles. The van der Waals surface area contributed by atoms with Crippen molar-refractivity contribution in [1.29, 1.82) is 0 Å². The van der Waals surface area contributed by atoms with Gasteiger partial charge in [-0.3, -0.25) is 9.59 Å². The molecule has 1 atom stereocenters. The second kappa shape index (κ2) is 4.68. The van der Waals surface area contributed by atoms with E-state index in [0.717, 1.165) is 16.9 Å². The van der Waals surface area contributed by atoms with Crippen molar-refractivity contribution in [3.8, 4) is 0 Å². The molecule has 1 aromatic carbocycles. The molecular formula is C13H16N2O3. The third-order valence-corrected chi connectivity index (χ3v) is 3.15. The van der Waals surface area contributed by atoms with Crippen LogP contribution < -0.4 is 10.2 Å². The minimum atomic E-state index is -0.893. The van der Waals surface area contributed by atoms with Crippen molar-refractivity contribution in [2.24, 2.45) is 0 Å². The van der Waals surface area contributed by atoms with Crippen molar-refractivity contribution in [3.05, 3.63) is 23.8 Å². The van der Waals surface area contributed by atoms with Crippen LogP contribution in [0.5, 0.6) is 0 Å². The molecular weight excluding hydrogens is 232 g/mol. The van der Waals surface area contributed by atoms with Crippen molar-refractivity contribution in [2.45, 2.75) is 25.8 Å². The molecule has 0 spiro atoms. The molecule has 18 heavy (non-hydrogen) atoms. The number of anilines is 2. The fourth-order valence-corrected chi connectivity index (χ4v) is 2.33. The predicted molar refractivity (Wildman–Crippen MR) is 68.9 cm³/mol. The number of hydrogen-bond acceptors (Lipinski definition) is 3. The van der Waals surface area contributed by atoms with E-state index in [4.69, 9.17) is 5.11 Å². The van der Waals surface area contributed by atoms with Crippen LogP contribution in [0.25, 0.3) is 0 Å². The molecule has 0 bridgehead atoms. The number of aliphatic carboxylic acids is 1. The van der Waals surface area contributed by atoms with E-state index >= 15 is 0 Å². The van der Waals surface area contributed by atoms with Gasteiger partial charge in [-0.1, -0.05) is 0 Å². The first-order valence-electron chi connectivity index (χ1n) is 5.87. The highest BCUT2D eigenvalue weighted by Gasteiger charge is 2.31. The second-order valence-electron chi connectivity index (χ2n) is 4.48. The van der Waals surface area contributed by atoms with Crippen molar-refractivity contribution < 1.29 is 14.7 Å². The summed E-state index contributed by atoms with van der Waals surface area (Å²) in [7, 11) is 1.82. The number of amides is 1. The monoisotopic (exact) mass is 248 g/mol. The van der Waals surface area contributed by atoms with Crippen LogP contribution in [0.3, 0.4) is 0 Å². The van der Waals surface area contributed by atoms with Crippen LogP contribution >= 0.6 is 0 Å². The molecule has 1 aliphatic heterocycles. The van der Waals surface area contributed by atoms with Gasteiger partial charge in [-0.15, -0.1) is 0 Å². The Morgan fingerprint density at radius 1 is 1.56 bits per heavy atom. The van der Waals surface area contributed by atoms with Gasteiger partial charge in [0, 0.05) is 24.5 Å². The molecule has 5 nitrogen and oxygen atoms in total. The summed E-state index contributed by atoms with van der Waals surface area (Å²) in [5.74, 6) is -0.928. The molecule has 1 heterocycles. The molecule has 2 N–H and O–H groups in total. The molecule has 1 aliphatic rings. The van der Waals surface area contributed by atoms with E-state index in [1.807, 2.05) is 25.2 Å². The normalized spacial score (nSPS) is 15.4. The standard InChI is InChI=1S/C13H16N2O3/c1-8(5-13(17)18)15-11-4-3-10(14-2)6-9(11)7-12(15)16/h3-4,6,8,14H,5,7H2,1-2H3,(H,17,18). The molecule has 0 aromatic heterocycles. The highest BCUT2D eigenvalue weighted by molar-refractivity contribution is 6.02. The maximum absolute atomic E-state index is 12.0. The Morgan fingerprint density at radius 3 is 2.89 bits per heavy atom. The van der Waals surface area contributed by atoms with Crippen molar-refractivity contribution in [3.63, 3.8) is 0 Å². The summed E-state index contributed by atoms with van der Waals surface area (Å²) in [5.41, 5.74) is 2.73. The maximum atomic E-state index is 12.0. The Balaban J connectivity index is 2.30. The van der Waals surface area contributed by atoms with Crippen LogP contribution in [-0.4, -0.2) is 30.1 Å². The van der Waals surface area contributed by atoms with E-state index in [-0.39, 0.29) is 18.4 Å². The van der Waals surface area contributed by atoms with Gasteiger partial charge in [0.1, 0.15) is 0 Å². The van der Waals surface area contributed by atoms with Gasteiger partial charge in [-0.2, -0.15) is 0 Å². The number of benzene rings is 1. The van der Waals surface area contributed by atoms with E-state index in [9.17, 15) is 9.59 Å². The SMILES string of the molecule is CNc1ccc2c(c1)CC(=O)N2C(C)CC(=O)O. The van der Waals surface area contributed by atoms with Crippen LogP contribution in [-0.2, 0) is 16.0 Å². The molecule has 0 saturated heterocycles. The molecule has 0 fully saturated rings. The van der Waals surface area contributed by atoms with Crippen molar-refractivity contribution >= 4 is 23.3 Å². The fraction of sp³-hybridized carbons (Fsp3) is 0.385. The number of carboxylic acid groups (broad SMARTS) is 1. The van der Waals surface area contributed by atoms with Crippen LogP contribution in [0.1, 0.15) is 18.9 Å². The predicted octanol–water partition coefficient (Wildman–Crippen LogP) is 1.48. The lowest BCUT2D eigenvalue weighted by Gasteiger charge is -2.24. The molecule has 1 aromatic rings. The Hall–Kier alpha value is -2.04. The second-order valence-corrected chi connectivity index (χ2v) is 4.48. The first-order valence-corrected chi connectivity index (χ1v) is 5.87. The lowest BCUT2D eigenvalue weighted by molar-refractivity contribution is -0.137. The lowest BCUT2D eigenvalue weighted by Crippen LogP contribution is -2.37. The van der Waals surface area contributed by atoms with Gasteiger partial charge in [0.05, 0.1) is 12.8 Å². The summed E-state index contributed by atoms with van der Waals surface area (Å²) in [6.07, 6.45) is 0.299. The Bertz CT molecular complexity index is 499. The summed E-state index contributed by atoms with van der Waals surface area (Å²) in [6, 6.07) is 5.36. The van der Waals surface area contributed by atoms with Crippen LogP contribution in [0.15, 0.2) is 18.2 Å². The number of carboxylic acids is 1. The minimum absolute atomic E-state index is 0.0352. The summed E-state index contributed by atoms with van der Waals surface area (Å²) in [5, 5.41) is 11.8. The van der Waals surface area contributed by atoms with Crippen LogP contribution in [0, 0.1) is 0 Å². The highest BCUT2D eigenvalue weighted by Crippen LogP contribution is 2.33. The van der Waals surface area contributed by atoms with E-state index in [0.29, 0.717) is 6.42 Å². The van der Waals surface area contributed by atoms with Gasteiger partial charge in [-0.05, 0) is 30.7 Å². The first kappa shape index (κ1) is 12.4. The first-order chi connectivity index (χ1) is 8.52. The number of fused-ring (bicyclic) bond motifs is 1. The summed E-state index contributed by atoms with van der Waals surface area (Å²) >= 11 is 0. The van der Waals surface area contributed by atoms with Crippen molar-refractivity contribution in [2.75, 3.05) is 17.3 Å². The number of carbonyl (C=O) groups excluding carboxylic acids is 1. The largest absolute Gasteiger partial charge is 0.481 e. The molecule has 1 unspecified atom stereocenters. The highest BCUT2D eigenvalue weighted by atomic mass is 16.4. The van der Waals surface area contributed by atoms with Gasteiger partial charge in [0.15, 0.2) is 0 Å². The zero-order valence-electron chi connectivity index (χ0n) is 10.4. The molecule has 0 radical (unpaired) electrons. The van der Waals surface area contributed by atoms with E-state index in [1.54, 1.807) is 11.8 Å². The lowest BCUT2D eigenvalue weighted by atomic mass is 10.1. The number of nitrogens with one attached hydrogen (secondary N) is 1. The molecule has 96 valence electrons. The van der Waals surface area contributed by atoms with Gasteiger partial charge >= 0.3 is 5.97 Å². The number of nitrogens with zero attached hydrogens (tertiary/aromatic N) is 1. The summed E-state index contributed by atoms with van der Waals surface area (Å²) < 4.78 is 0. The van der Waals surface area contributed by atoms with Crippen LogP contribution in [0.4, 0.5) is 11.4 Å². The zero-order valence-corrected chi connectivity index (χ0v) is 10.4. The van der Waals surface area contributed by atoms with E-state index < -0.39 is 5.97 Å². The van der Waals surface area contributed by atoms with E-state index in [1.165, 1.54) is 0 Å². The minimum Gasteiger partial charge on any atom is -0.481 e. The number of rotatable bonds is 4. The van der Waals surface area contributed by atoms with E-state index in [2.05, 4.69) is 5.32 Å². The van der Waals surface area contributed by atoms with Gasteiger partial charge in [-0.25, -0.2) is 0 Å². The maximum Gasteiger partial charge on any atom is 0.305 e. The zero-order chi connectivity index (χ0) is 13.3. The number of hydrogen-bond donors (Lipinski definition) is 2. The smallest absolute Gasteiger partial charge is 0.305 e. The molecule has 5 heteroatoms. The Labute approximate surface area is 105 Å². The summed E-state index contributed by atoms with van der Waals surface area (Å²) in [4.78, 5) is 24.3. The average molecular weight is 248 g/mol. The number of carbonyl (C=O) groups is 2. The third-order valence-electron chi connectivity index (χ3n) is 3.15. The average Bonchev–Trinajstić information content (AvgIpc) is 2.62. The molecule has 1 amide bonds. The fourth-order valence-electron chi connectivity index (χ4n) is 2.33. The Kier molecular flexibility index (Phi) is 3.23. The van der Waals surface area contributed by atoms with Crippen LogP contribution in [0.2, 0.25) is 0 Å². The Morgan fingerprint density at radius 2 is 2.28 bits per heavy atom.